The van der Waals surface area contributed by atoms with Crippen molar-refractivity contribution in [1.29, 1.82) is 0 Å². The lowest BCUT2D eigenvalue weighted by Gasteiger charge is -2.34. The summed E-state index contributed by atoms with van der Waals surface area (Å²) in [7, 11) is 0. The molecule has 0 aromatic heterocycles. The van der Waals surface area contributed by atoms with Gasteiger partial charge in [-0.05, 0) is 49.6 Å². The summed E-state index contributed by atoms with van der Waals surface area (Å²) in [6.45, 7) is 20.9. The van der Waals surface area contributed by atoms with Gasteiger partial charge in [-0.25, -0.2) is 0 Å². The maximum atomic E-state index is 2.35. The van der Waals surface area contributed by atoms with E-state index in [-0.39, 0.29) is 22.2 Å². The molecule has 0 saturated heterocycles. The molecule has 0 heteroatoms. The van der Waals surface area contributed by atoms with Gasteiger partial charge in [0.2, 0.25) is 0 Å². The largest absolute Gasteiger partial charge is 0.0620 e. The monoisotopic (exact) mass is 412 g/mol. The minimum atomic E-state index is 0.0716. The first-order valence-electron chi connectivity index (χ1n) is 11.6. The van der Waals surface area contributed by atoms with Crippen LogP contribution in [0.2, 0.25) is 0 Å². The molecule has 0 spiro atoms. The average molecular weight is 413 g/mol. The van der Waals surface area contributed by atoms with Gasteiger partial charge in [0, 0.05) is 5.92 Å². The molecule has 3 rings (SSSR count). The molecule has 0 aliphatic carbocycles. The Kier molecular flexibility index (Phi) is 6.25. The summed E-state index contributed by atoms with van der Waals surface area (Å²) in [6.07, 6.45) is 0. The van der Waals surface area contributed by atoms with Crippen LogP contribution in [0.15, 0.2) is 72.8 Å². The summed E-state index contributed by atoms with van der Waals surface area (Å²) in [5.41, 5.74) is 8.74. The van der Waals surface area contributed by atoms with Gasteiger partial charge in [-0.3, -0.25) is 0 Å². The first-order chi connectivity index (χ1) is 14.3. The Labute approximate surface area is 190 Å². The summed E-state index contributed by atoms with van der Waals surface area (Å²) in [6, 6.07) is 27.2. The molecule has 0 heterocycles. The molecule has 0 amide bonds. The minimum absolute atomic E-state index is 0.0716. The number of rotatable bonds is 3. The first-order valence-corrected chi connectivity index (χ1v) is 11.6. The van der Waals surface area contributed by atoms with Gasteiger partial charge >= 0.3 is 0 Å². The lowest BCUT2D eigenvalue weighted by atomic mass is 9.69. The summed E-state index contributed by atoms with van der Waals surface area (Å²) < 4.78 is 0. The summed E-state index contributed by atoms with van der Waals surface area (Å²) >= 11 is 0. The van der Waals surface area contributed by atoms with Crippen molar-refractivity contribution >= 4 is 0 Å². The Hall–Kier alpha value is -2.34. The van der Waals surface area contributed by atoms with E-state index in [0.29, 0.717) is 0 Å². The highest BCUT2D eigenvalue weighted by molar-refractivity contribution is 5.54. The van der Waals surface area contributed by atoms with Gasteiger partial charge in [0.25, 0.3) is 0 Å². The van der Waals surface area contributed by atoms with Crippen LogP contribution in [0.3, 0.4) is 0 Å². The van der Waals surface area contributed by atoms with Crippen LogP contribution in [0.4, 0.5) is 0 Å². The molecule has 31 heavy (non-hydrogen) atoms. The molecule has 0 aliphatic heterocycles. The van der Waals surface area contributed by atoms with Crippen molar-refractivity contribution in [3.8, 4) is 0 Å². The first kappa shape index (κ1) is 23.3. The minimum Gasteiger partial charge on any atom is -0.0620 e. The highest BCUT2D eigenvalue weighted by atomic mass is 14.4. The molecular weight excluding hydrogens is 372 g/mol. The summed E-state index contributed by atoms with van der Waals surface area (Å²) in [4.78, 5) is 0. The van der Waals surface area contributed by atoms with E-state index < -0.39 is 0 Å². The molecule has 0 bridgehead atoms. The van der Waals surface area contributed by atoms with E-state index in [1.807, 2.05) is 0 Å². The van der Waals surface area contributed by atoms with Crippen LogP contribution in [-0.2, 0) is 16.2 Å². The molecular formula is C31H40. The maximum absolute atomic E-state index is 2.35. The molecule has 164 valence electrons. The zero-order valence-corrected chi connectivity index (χ0v) is 21.0. The topological polar surface area (TPSA) is 0 Å². The van der Waals surface area contributed by atoms with Gasteiger partial charge in [0.1, 0.15) is 0 Å². The smallest absolute Gasteiger partial charge is 0.0348 e. The third kappa shape index (κ3) is 4.95. The quantitative estimate of drug-likeness (QED) is 0.377. The molecule has 0 N–H and O–H groups in total. The van der Waals surface area contributed by atoms with Gasteiger partial charge in [0.05, 0.1) is 0 Å². The van der Waals surface area contributed by atoms with E-state index in [1.54, 1.807) is 0 Å². The van der Waals surface area contributed by atoms with Crippen molar-refractivity contribution in [1.82, 2.24) is 0 Å². The van der Waals surface area contributed by atoms with E-state index in [4.69, 9.17) is 0 Å². The Morgan fingerprint density at radius 2 is 0.613 bits per heavy atom. The van der Waals surface area contributed by atoms with Crippen molar-refractivity contribution < 1.29 is 0 Å². The van der Waals surface area contributed by atoms with Crippen LogP contribution in [0.1, 0.15) is 102 Å². The average Bonchev–Trinajstić information content (AvgIpc) is 2.67. The molecule has 0 atom stereocenters. The van der Waals surface area contributed by atoms with Crippen LogP contribution in [0.5, 0.6) is 0 Å². The normalized spacial score (nSPS) is 13.0. The zero-order chi connectivity index (χ0) is 23.0. The van der Waals surface area contributed by atoms with Crippen molar-refractivity contribution in [2.75, 3.05) is 0 Å². The number of hydrogen-bond donors (Lipinski definition) is 0. The van der Waals surface area contributed by atoms with Crippen molar-refractivity contribution in [3.05, 3.63) is 106 Å². The molecule has 0 saturated carbocycles. The molecule has 0 aliphatic rings. The predicted octanol–water partition coefficient (Wildman–Crippen LogP) is 8.76. The zero-order valence-electron chi connectivity index (χ0n) is 21.0. The van der Waals surface area contributed by atoms with Crippen LogP contribution >= 0.6 is 0 Å². The van der Waals surface area contributed by atoms with E-state index in [1.165, 1.54) is 33.4 Å². The Morgan fingerprint density at radius 1 is 0.387 bits per heavy atom. The van der Waals surface area contributed by atoms with Crippen LogP contribution in [-0.4, -0.2) is 0 Å². The predicted molar refractivity (Wildman–Crippen MR) is 136 cm³/mol. The fraction of sp³-hybridized carbons (Fsp3) is 0.419. The third-order valence-corrected chi connectivity index (χ3v) is 6.24. The number of hydrogen-bond acceptors (Lipinski definition) is 0. The second-order valence-corrected chi connectivity index (χ2v) is 11.9. The van der Waals surface area contributed by atoms with Gasteiger partial charge in [0.15, 0.2) is 0 Å². The lowest BCUT2D eigenvalue weighted by molar-refractivity contribution is 0.562. The fourth-order valence-electron chi connectivity index (χ4n) is 4.80. The molecule has 0 radical (unpaired) electrons. The standard InChI is InChI=1S/C31H40/c1-29(2,3)25-19-13-10-16-22(25)28(23-17-11-14-20-26(23)30(4,5)6)24-18-12-15-21-27(24)31(7,8)9/h10-21,28H,1-9H3. The van der Waals surface area contributed by atoms with Crippen molar-refractivity contribution in [2.24, 2.45) is 0 Å². The highest BCUT2D eigenvalue weighted by Crippen LogP contribution is 2.44. The molecule has 3 aromatic rings. The van der Waals surface area contributed by atoms with Crippen molar-refractivity contribution in [3.63, 3.8) is 0 Å². The molecule has 0 unspecified atom stereocenters. The number of benzene rings is 3. The summed E-state index contributed by atoms with van der Waals surface area (Å²) in [5, 5.41) is 0. The van der Waals surface area contributed by atoms with Crippen LogP contribution < -0.4 is 0 Å². The van der Waals surface area contributed by atoms with Gasteiger partial charge in [-0.2, -0.15) is 0 Å². The third-order valence-electron chi connectivity index (χ3n) is 6.24. The van der Waals surface area contributed by atoms with Crippen LogP contribution in [0.25, 0.3) is 0 Å². The van der Waals surface area contributed by atoms with Gasteiger partial charge in [-0.15, -0.1) is 0 Å². The SMILES string of the molecule is CC(C)(C)c1ccccc1C(c1ccccc1C(C)(C)C)c1ccccc1C(C)(C)C. The molecule has 0 nitrogen and oxygen atoms in total. The Morgan fingerprint density at radius 3 is 0.839 bits per heavy atom. The van der Waals surface area contributed by atoms with Crippen LogP contribution in [0, 0.1) is 0 Å². The second kappa shape index (κ2) is 8.30. The van der Waals surface area contributed by atoms with E-state index in [0.717, 1.165) is 0 Å². The van der Waals surface area contributed by atoms with Gasteiger partial charge in [-0.1, -0.05) is 135 Å². The van der Waals surface area contributed by atoms with E-state index in [9.17, 15) is 0 Å². The van der Waals surface area contributed by atoms with Gasteiger partial charge < -0.3 is 0 Å². The second-order valence-electron chi connectivity index (χ2n) is 11.9. The summed E-state index contributed by atoms with van der Waals surface area (Å²) in [5.74, 6) is 0.196. The van der Waals surface area contributed by atoms with E-state index in [2.05, 4.69) is 135 Å². The molecule has 3 aromatic carbocycles. The maximum Gasteiger partial charge on any atom is 0.0348 e. The Bertz CT molecular complexity index is 896. The molecule has 0 fully saturated rings. The highest BCUT2D eigenvalue weighted by Gasteiger charge is 2.32. The lowest BCUT2D eigenvalue weighted by Crippen LogP contribution is -2.23. The van der Waals surface area contributed by atoms with Crippen molar-refractivity contribution in [2.45, 2.75) is 84.5 Å². The van der Waals surface area contributed by atoms with E-state index >= 15 is 0 Å². The fourth-order valence-corrected chi connectivity index (χ4v) is 4.80. The Balaban J connectivity index is 2.44.